The molecule has 1 N–H and O–H groups in total. The van der Waals surface area contributed by atoms with Crippen LogP contribution in [0.4, 0.5) is 5.69 Å². The van der Waals surface area contributed by atoms with E-state index in [0.29, 0.717) is 6.54 Å². The number of likely N-dealkylation sites (N-methyl/N-ethyl adjacent to an activating group) is 1. The summed E-state index contributed by atoms with van der Waals surface area (Å²) in [5, 5.41) is 3.30. The normalized spacial score (nSPS) is 19.4. The summed E-state index contributed by atoms with van der Waals surface area (Å²) in [6.07, 6.45) is 0. The molecule has 3 nitrogen and oxygen atoms in total. The first-order valence-corrected chi connectivity index (χ1v) is 7.87. The summed E-state index contributed by atoms with van der Waals surface area (Å²) in [5.74, 6) is 0.165. The Labute approximate surface area is 144 Å². The summed E-state index contributed by atoms with van der Waals surface area (Å²) in [6, 6.07) is 18.2. The van der Waals surface area contributed by atoms with Crippen molar-refractivity contribution in [2.45, 2.75) is 19.3 Å². The Morgan fingerprint density at radius 1 is 1.04 bits per heavy atom. The van der Waals surface area contributed by atoms with Crippen LogP contribution >= 0.6 is 12.4 Å². The molecule has 1 aliphatic rings. The van der Waals surface area contributed by atoms with Gasteiger partial charge in [0.05, 0.1) is 5.41 Å². The van der Waals surface area contributed by atoms with Gasteiger partial charge in [0.15, 0.2) is 0 Å². The fourth-order valence-electron chi connectivity index (χ4n) is 3.27. The molecule has 3 rings (SSSR count). The van der Waals surface area contributed by atoms with Crippen LogP contribution in [-0.2, 0) is 10.2 Å². The Bertz CT molecular complexity index is 674. The fraction of sp³-hybridized carbons (Fsp3) is 0.316. The molecule has 0 bridgehead atoms. The van der Waals surface area contributed by atoms with Crippen molar-refractivity contribution in [1.82, 2.24) is 5.32 Å². The standard InChI is InChI=1S/C19H22N2O.ClH/c1-3-20-13-14-21-17-12-8-7-11-16(17)19(2,18(21)22)15-9-5-4-6-10-15;/h4-12,20H,3,13-14H2,1-2H3;1H. The zero-order valence-electron chi connectivity index (χ0n) is 13.6. The van der Waals surface area contributed by atoms with E-state index in [9.17, 15) is 4.79 Å². The van der Waals surface area contributed by atoms with Crippen molar-refractivity contribution in [1.29, 1.82) is 0 Å². The summed E-state index contributed by atoms with van der Waals surface area (Å²) >= 11 is 0. The van der Waals surface area contributed by atoms with Crippen LogP contribution in [0.2, 0.25) is 0 Å². The van der Waals surface area contributed by atoms with E-state index < -0.39 is 5.41 Å². The summed E-state index contributed by atoms with van der Waals surface area (Å²) in [6.45, 7) is 6.54. The number of hydrogen-bond acceptors (Lipinski definition) is 2. The predicted molar refractivity (Wildman–Crippen MR) is 97.5 cm³/mol. The molecule has 0 aliphatic carbocycles. The number of halogens is 1. The van der Waals surface area contributed by atoms with E-state index in [-0.39, 0.29) is 18.3 Å². The molecule has 0 saturated carbocycles. The Hall–Kier alpha value is -1.84. The lowest BCUT2D eigenvalue weighted by atomic mass is 9.77. The molecular formula is C19H23ClN2O. The molecule has 0 radical (unpaired) electrons. The number of fused-ring (bicyclic) bond motifs is 1. The van der Waals surface area contributed by atoms with Crippen LogP contribution in [0.3, 0.4) is 0 Å². The first kappa shape index (κ1) is 17.5. The van der Waals surface area contributed by atoms with Gasteiger partial charge in [-0.15, -0.1) is 12.4 Å². The average molecular weight is 331 g/mol. The van der Waals surface area contributed by atoms with Crippen LogP contribution in [0.25, 0.3) is 0 Å². The van der Waals surface area contributed by atoms with E-state index in [4.69, 9.17) is 0 Å². The Balaban J connectivity index is 0.00000192. The van der Waals surface area contributed by atoms with Crippen LogP contribution in [0.5, 0.6) is 0 Å². The lowest BCUT2D eigenvalue weighted by Gasteiger charge is -2.25. The Morgan fingerprint density at radius 2 is 1.70 bits per heavy atom. The van der Waals surface area contributed by atoms with Gasteiger partial charge in [-0.3, -0.25) is 4.79 Å². The summed E-state index contributed by atoms with van der Waals surface area (Å²) in [7, 11) is 0. The van der Waals surface area contributed by atoms with E-state index in [1.54, 1.807) is 0 Å². The van der Waals surface area contributed by atoms with E-state index >= 15 is 0 Å². The van der Waals surface area contributed by atoms with Crippen molar-refractivity contribution < 1.29 is 4.79 Å². The van der Waals surface area contributed by atoms with Gasteiger partial charge in [0.25, 0.3) is 0 Å². The minimum atomic E-state index is -0.593. The second-order valence-corrected chi connectivity index (χ2v) is 5.82. The quantitative estimate of drug-likeness (QED) is 0.852. The summed E-state index contributed by atoms with van der Waals surface area (Å²) in [4.78, 5) is 15.1. The molecule has 0 spiro atoms. The van der Waals surface area contributed by atoms with Gasteiger partial charge in [0.2, 0.25) is 5.91 Å². The number of nitrogens with one attached hydrogen (secondary N) is 1. The minimum Gasteiger partial charge on any atom is -0.315 e. The third-order valence-corrected chi connectivity index (χ3v) is 4.52. The molecule has 1 unspecified atom stereocenters. The monoisotopic (exact) mass is 330 g/mol. The molecule has 1 heterocycles. The van der Waals surface area contributed by atoms with Crippen LogP contribution in [0.1, 0.15) is 25.0 Å². The maximum absolute atomic E-state index is 13.2. The zero-order chi connectivity index (χ0) is 15.6. The van der Waals surface area contributed by atoms with Crippen LogP contribution < -0.4 is 10.2 Å². The molecule has 1 aliphatic heterocycles. The SMILES string of the molecule is CCNCCN1C(=O)C(C)(c2ccccc2)c2ccccc21.Cl. The highest BCUT2D eigenvalue weighted by atomic mass is 35.5. The fourth-order valence-corrected chi connectivity index (χ4v) is 3.27. The predicted octanol–water partition coefficient (Wildman–Crippen LogP) is 3.37. The molecule has 1 atom stereocenters. The highest BCUT2D eigenvalue weighted by molar-refractivity contribution is 6.10. The molecular weight excluding hydrogens is 308 g/mol. The van der Waals surface area contributed by atoms with Crippen LogP contribution in [0, 0.1) is 0 Å². The van der Waals surface area contributed by atoms with Crippen molar-refractivity contribution in [3.63, 3.8) is 0 Å². The molecule has 2 aromatic rings. The highest BCUT2D eigenvalue weighted by Gasteiger charge is 2.47. The topological polar surface area (TPSA) is 32.3 Å². The molecule has 0 aromatic heterocycles. The van der Waals surface area contributed by atoms with Crippen molar-refractivity contribution in [2.75, 3.05) is 24.5 Å². The van der Waals surface area contributed by atoms with Crippen molar-refractivity contribution in [3.05, 3.63) is 65.7 Å². The number of anilines is 1. The van der Waals surface area contributed by atoms with Gasteiger partial charge < -0.3 is 10.2 Å². The smallest absolute Gasteiger partial charge is 0.241 e. The summed E-state index contributed by atoms with van der Waals surface area (Å²) < 4.78 is 0. The van der Waals surface area contributed by atoms with Gasteiger partial charge in [-0.05, 0) is 30.7 Å². The zero-order valence-corrected chi connectivity index (χ0v) is 14.4. The molecule has 23 heavy (non-hydrogen) atoms. The number of rotatable bonds is 5. The number of carbonyl (C=O) groups is 1. The van der Waals surface area contributed by atoms with Crippen molar-refractivity contribution in [2.24, 2.45) is 0 Å². The number of hydrogen-bond donors (Lipinski definition) is 1. The van der Waals surface area contributed by atoms with E-state index in [2.05, 4.69) is 18.3 Å². The first-order chi connectivity index (χ1) is 10.7. The maximum Gasteiger partial charge on any atom is 0.241 e. The number of carbonyl (C=O) groups excluding carboxylic acids is 1. The molecule has 1 amide bonds. The van der Waals surface area contributed by atoms with E-state index in [1.807, 2.05) is 60.4 Å². The van der Waals surface area contributed by atoms with Gasteiger partial charge in [-0.25, -0.2) is 0 Å². The second kappa shape index (κ2) is 7.16. The van der Waals surface area contributed by atoms with Gasteiger partial charge in [-0.2, -0.15) is 0 Å². The minimum absolute atomic E-state index is 0. The van der Waals surface area contributed by atoms with Gasteiger partial charge >= 0.3 is 0 Å². The molecule has 0 fully saturated rings. The van der Waals surface area contributed by atoms with Gasteiger partial charge in [-0.1, -0.05) is 55.5 Å². The Kier molecular flexibility index (Phi) is 5.45. The lowest BCUT2D eigenvalue weighted by Crippen LogP contribution is -2.41. The number of nitrogens with zero attached hydrogens (tertiary/aromatic N) is 1. The van der Waals surface area contributed by atoms with E-state index in [0.717, 1.165) is 29.9 Å². The summed E-state index contributed by atoms with van der Waals surface area (Å²) in [5.41, 5.74) is 2.60. The van der Waals surface area contributed by atoms with Crippen LogP contribution in [-0.4, -0.2) is 25.5 Å². The van der Waals surface area contributed by atoms with Gasteiger partial charge in [0, 0.05) is 18.8 Å². The van der Waals surface area contributed by atoms with Gasteiger partial charge in [0.1, 0.15) is 0 Å². The largest absolute Gasteiger partial charge is 0.315 e. The number of para-hydroxylation sites is 1. The maximum atomic E-state index is 13.2. The lowest BCUT2D eigenvalue weighted by molar-refractivity contribution is -0.121. The average Bonchev–Trinajstić information content (AvgIpc) is 2.79. The van der Waals surface area contributed by atoms with Crippen molar-refractivity contribution in [3.8, 4) is 0 Å². The molecule has 4 heteroatoms. The number of benzene rings is 2. The molecule has 0 saturated heterocycles. The first-order valence-electron chi connectivity index (χ1n) is 7.87. The highest BCUT2D eigenvalue weighted by Crippen LogP contribution is 2.45. The van der Waals surface area contributed by atoms with Crippen LogP contribution in [0.15, 0.2) is 54.6 Å². The van der Waals surface area contributed by atoms with Crippen molar-refractivity contribution >= 4 is 24.0 Å². The molecule has 2 aromatic carbocycles. The Morgan fingerprint density at radius 3 is 2.39 bits per heavy atom. The number of amides is 1. The third kappa shape index (κ3) is 2.87. The second-order valence-electron chi connectivity index (χ2n) is 5.82. The van der Waals surface area contributed by atoms with E-state index in [1.165, 1.54) is 0 Å². The third-order valence-electron chi connectivity index (χ3n) is 4.52. The molecule has 122 valence electrons.